The third-order valence-corrected chi connectivity index (χ3v) is 1.84. The normalized spacial score (nSPS) is 31.2. The van der Waals surface area contributed by atoms with Gasteiger partial charge in [-0.25, -0.2) is 0 Å². The molecule has 1 aliphatic rings. The molecule has 0 N–H and O–H groups in total. The molecule has 2 nitrogen and oxygen atoms in total. The largest absolute Gasteiger partial charge is 0.328 e. The highest BCUT2D eigenvalue weighted by molar-refractivity contribution is 6.07. The highest BCUT2D eigenvalue weighted by Crippen LogP contribution is 2.19. The van der Waals surface area contributed by atoms with Crippen LogP contribution in [0.15, 0.2) is 25.1 Å². The van der Waals surface area contributed by atoms with E-state index in [-0.39, 0.29) is 0 Å². The monoisotopic (exact) mass is 159 g/mol. The van der Waals surface area contributed by atoms with Crippen LogP contribution in [0.2, 0.25) is 0 Å². The van der Waals surface area contributed by atoms with Gasteiger partial charge in [-0.1, -0.05) is 6.58 Å². The zero-order valence-electron chi connectivity index (χ0n) is 6.13. The molecule has 0 saturated carbocycles. The third kappa shape index (κ3) is 1.52. The van der Waals surface area contributed by atoms with Gasteiger partial charge in [0, 0.05) is 7.05 Å². The van der Waals surface area contributed by atoms with Crippen molar-refractivity contribution in [3.8, 4) is 0 Å². The maximum absolute atomic E-state index is 6.10. The Kier molecular flexibility index (Phi) is 2.02. The lowest BCUT2D eigenvalue weighted by atomic mass is 10.6. The Labute approximate surface area is 66.7 Å². The van der Waals surface area contributed by atoms with E-state index in [1.807, 2.05) is 25.5 Å². The summed E-state index contributed by atoms with van der Waals surface area (Å²) in [6, 6.07) is 0. The summed E-state index contributed by atoms with van der Waals surface area (Å²) < 4.78 is 0.431. The zero-order chi connectivity index (χ0) is 7.61. The van der Waals surface area contributed by atoms with Crippen molar-refractivity contribution >= 4 is 11.8 Å². The molecule has 0 radical (unpaired) electrons. The minimum atomic E-state index is 0.431. The average molecular weight is 160 g/mol. The van der Waals surface area contributed by atoms with E-state index in [9.17, 15) is 0 Å². The summed E-state index contributed by atoms with van der Waals surface area (Å²) in [5, 5.41) is 0. The fourth-order valence-corrected chi connectivity index (χ4v) is 1.35. The fraction of sp³-hybridized carbons (Fsp3) is 0.429. The van der Waals surface area contributed by atoms with Crippen molar-refractivity contribution in [2.45, 2.75) is 0 Å². The van der Waals surface area contributed by atoms with Crippen LogP contribution in [-0.4, -0.2) is 29.2 Å². The summed E-state index contributed by atoms with van der Waals surface area (Å²) in [6.45, 7) is 5.25. The highest BCUT2D eigenvalue weighted by atomic mass is 35.5. The molecule has 0 aliphatic carbocycles. The smallest absolute Gasteiger partial charge is 0.175 e. The molecule has 1 heterocycles. The SMILES string of the molecule is C=CC[N+]1(Cl)C=CN(C)C1. The second kappa shape index (κ2) is 2.64. The molecule has 0 bridgehead atoms. The first-order valence-electron chi connectivity index (χ1n) is 3.23. The molecule has 0 aromatic carbocycles. The first kappa shape index (κ1) is 7.63. The van der Waals surface area contributed by atoms with E-state index in [0.717, 1.165) is 13.2 Å². The van der Waals surface area contributed by atoms with Crippen molar-refractivity contribution in [3.05, 3.63) is 25.1 Å². The number of rotatable bonds is 2. The van der Waals surface area contributed by atoms with E-state index in [1.165, 1.54) is 0 Å². The Bertz CT molecular complexity index is 167. The molecule has 10 heavy (non-hydrogen) atoms. The second-order valence-electron chi connectivity index (χ2n) is 2.59. The summed E-state index contributed by atoms with van der Waals surface area (Å²) in [7, 11) is 2.00. The van der Waals surface area contributed by atoms with Gasteiger partial charge in [-0.05, 0) is 6.08 Å². The molecule has 1 aliphatic heterocycles. The molecule has 1 unspecified atom stereocenters. The minimum Gasteiger partial charge on any atom is -0.328 e. The maximum Gasteiger partial charge on any atom is 0.175 e. The van der Waals surface area contributed by atoms with Crippen LogP contribution in [0.3, 0.4) is 0 Å². The summed E-state index contributed by atoms with van der Waals surface area (Å²) in [5.74, 6) is 0. The van der Waals surface area contributed by atoms with E-state index < -0.39 is 0 Å². The van der Waals surface area contributed by atoms with Gasteiger partial charge in [-0.3, -0.25) is 0 Å². The first-order chi connectivity index (χ1) is 4.66. The van der Waals surface area contributed by atoms with Crippen LogP contribution in [0, 0.1) is 0 Å². The van der Waals surface area contributed by atoms with E-state index in [2.05, 4.69) is 11.5 Å². The molecule has 1 atom stereocenters. The Morgan fingerprint density at radius 3 is 3.00 bits per heavy atom. The summed E-state index contributed by atoms with van der Waals surface area (Å²) in [5.41, 5.74) is 0. The molecule has 0 aromatic rings. The lowest BCUT2D eigenvalue weighted by Gasteiger charge is -2.20. The van der Waals surface area contributed by atoms with Crippen LogP contribution < -0.4 is 0 Å². The van der Waals surface area contributed by atoms with Crippen molar-refractivity contribution in [1.82, 2.24) is 4.90 Å². The predicted octanol–water partition coefficient (Wildman–Crippen LogP) is 1.52. The predicted molar refractivity (Wildman–Crippen MR) is 42.9 cm³/mol. The summed E-state index contributed by atoms with van der Waals surface area (Å²) in [4.78, 5) is 2.05. The van der Waals surface area contributed by atoms with Gasteiger partial charge in [0.2, 0.25) is 0 Å². The quantitative estimate of drug-likeness (QED) is 0.436. The highest BCUT2D eigenvalue weighted by Gasteiger charge is 2.27. The molecule has 1 rings (SSSR count). The van der Waals surface area contributed by atoms with Crippen LogP contribution in [0.25, 0.3) is 0 Å². The second-order valence-corrected chi connectivity index (χ2v) is 3.27. The minimum absolute atomic E-state index is 0.431. The van der Waals surface area contributed by atoms with Crippen molar-refractivity contribution < 1.29 is 4.00 Å². The molecule has 3 heteroatoms. The fourth-order valence-electron chi connectivity index (χ4n) is 1.03. The van der Waals surface area contributed by atoms with Gasteiger partial charge in [0.1, 0.15) is 12.7 Å². The van der Waals surface area contributed by atoms with Crippen LogP contribution in [0.5, 0.6) is 0 Å². The number of hydrogen-bond donors (Lipinski definition) is 0. The maximum atomic E-state index is 6.10. The number of hydrogen-bond acceptors (Lipinski definition) is 1. The zero-order valence-corrected chi connectivity index (χ0v) is 6.88. The lowest BCUT2D eigenvalue weighted by molar-refractivity contribution is -0.756. The summed E-state index contributed by atoms with van der Waals surface area (Å²) >= 11 is 6.10. The molecule has 0 saturated heterocycles. The van der Waals surface area contributed by atoms with Gasteiger partial charge in [-0.15, -0.1) is 0 Å². The van der Waals surface area contributed by atoms with Crippen molar-refractivity contribution in [2.24, 2.45) is 0 Å². The Hall–Kier alpha value is -0.470. The average Bonchev–Trinajstić information content (AvgIpc) is 2.12. The third-order valence-electron chi connectivity index (χ3n) is 1.48. The van der Waals surface area contributed by atoms with Crippen LogP contribution in [0.4, 0.5) is 0 Å². The van der Waals surface area contributed by atoms with Crippen LogP contribution in [0.1, 0.15) is 0 Å². The van der Waals surface area contributed by atoms with Gasteiger partial charge in [-0.2, -0.15) is 4.00 Å². The van der Waals surface area contributed by atoms with E-state index in [1.54, 1.807) is 0 Å². The van der Waals surface area contributed by atoms with Gasteiger partial charge >= 0.3 is 0 Å². The van der Waals surface area contributed by atoms with Gasteiger partial charge in [0.15, 0.2) is 18.4 Å². The molecule has 56 valence electrons. The number of halogens is 1. The molecule has 0 fully saturated rings. The van der Waals surface area contributed by atoms with Crippen molar-refractivity contribution in [2.75, 3.05) is 20.3 Å². The van der Waals surface area contributed by atoms with E-state index in [0.29, 0.717) is 4.00 Å². The lowest BCUT2D eigenvalue weighted by Crippen LogP contribution is -2.34. The number of nitrogens with zero attached hydrogens (tertiary/aromatic N) is 2. The molecular weight excluding hydrogens is 148 g/mol. The molecular formula is C7H12ClN2+. The number of quaternary nitrogens is 1. The van der Waals surface area contributed by atoms with E-state index in [4.69, 9.17) is 11.8 Å². The Morgan fingerprint density at radius 2 is 2.60 bits per heavy atom. The summed E-state index contributed by atoms with van der Waals surface area (Å²) in [6.07, 6.45) is 5.77. The topological polar surface area (TPSA) is 3.24 Å². The Balaban J connectivity index is 2.56. The van der Waals surface area contributed by atoms with Gasteiger partial charge in [0.05, 0.1) is 6.20 Å². The van der Waals surface area contributed by atoms with Gasteiger partial charge < -0.3 is 4.90 Å². The van der Waals surface area contributed by atoms with E-state index >= 15 is 0 Å². The first-order valence-corrected chi connectivity index (χ1v) is 3.57. The van der Waals surface area contributed by atoms with Crippen LogP contribution in [-0.2, 0) is 0 Å². The van der Waals surface area contributed by atoms with Crippen molar-refractivity contribution in [1.29, 1.82) is 0 Å². The molecule has 0 aromatic heterocycles. The van der Waals surface area contributed by atoms with Crippen LogP contribution >= 0.6 is 11.8 Å². The van der Waals surface area contributed by atoms with Gasteiger partial charge in [0.25, 0.3) is 0 Å². The van der Waals surface area contributed by atoms with Crippen molar-refractivity contribution in [3.63, 3.8) is 0 Å². The molecule has 0 spiro atoms. The molecule has 0 amide bonds. The standard InChI is InChI=1S/C7H12ClN2/c1-3-5-10(8)6-4-9(2)7-10/h3-4,6H,1,5,7H2,2H3/q+1. The Morgan fingerprint density at radius 1 is 1.90 bits per heavy atom.